The van der Waals surface area contributed by atoms with E-state index >= 15 is 0 Å². The van der Waals surface area contributed by atoms with Crippen LogP contribution < -0.4 is 10.6 Å². The van der Waals surface area contributed by atoms with E-state index in [1.54, 1.807) is 0 Å². The summed E-state index contributed by atoms with van der Waals surface area (Å²) in [6.45, 7) is 1.65. The Bertz CT molecular complexity index is 808. The van der Waals surface area contributed by atoms with Gasteiger partial charge < -0.3 is 20.8 Å². The van der Waals surface area contributed by atoms with Crippen LogP contribution in [0.3, 0.4) is 0 Å². The summed E-state index contributed by atoms with van der Waals surface area (Å²) >= 11 is 0. The molecule has 6 nitrogen and oxygen atoms in total. The quantitative estimate of drug-likeness (QED) is 0.178. The molecule has 0 unspecified atom stereocenters. The van der Waals surface area contributed by atoms with E-state index in [1.807, 2.05) is 48.5 Å². The minimum absolute atomic E-state index is 0.0990. The summed E-state index contributed by atoms with van der Waals surface area (Å²) in [6, 6.07) is 15.0. The van der Waals surface area contributed by atoms with Crippen LogP contribution in [0.15, 0.2) is 58.3 Å². The van der Waals surface area contributed by atoms with Crippen molar-refractivity contribution in [1.29, 1.82) is 0 Å². The minimum atomic E-state index is -0.0990. The van der Waals surface area contributed by atoms with E-state index in [0.29, 0.717) is 24.2 Å². The average molecular weight is 505 g/mol. The first-order chi connectivity index (χ1) is 16.7. The number of carbonyl (C=O) groups is 2. The van der Waals surface area contributed by atoms with Crippen LogP contribution in [0.2, 0.25) is 0 Å². The van der Waals surface area contributed by atoms with Gasteiger partial charge in [-0.25, -0.2) is 0 Å². The van der Waals surface area contributed by atoms with E-state index in [0.717, 1.165) is 61.2 Å². The molecule has 0 aliphatic rings. The third-order valence-corrected chi connectivity index (χ3v) is 7.71. The van der Waals surface area contributed by atoms with Gasteiger partial charge in [-0.05, 0) is 49.9 Å². The molecule has 2 aromatic rings. The Kier molecular flexibility index (Phi) is 14.5. The van der Waals surface area contributed by atoms with Gasteiger partial charge in [-0.1, -0.05) is 71.5 Å². The molecule has 8 heteroatoms. The fraction of sp³-hybridized carbons (Fsp3) is 0.462. The predicted molar refractivity (Wildman–Crippen MR) is 140 cm³/mol. The van der Waals surface area contributed by atoms with Crippen LogP contribution in [-0.4, -0.2) is 48.3 Å². The number of nitrogens with one attached hydrogen (secondary N) is 2. The normalized spacial score (nSPS) is 10.8. The maximum atomic E-state index is 12.7. The van der Waals surface area contributed by atoms with E-state index in [4.69, 9.17) is 10.2 Å². The largest absolute Gasteiger partial charge is 0.396 e. The Morgan fingerprint density at radius 1 is 0.588 bits per heavy atom. The summed E-state index contributed by atoms with van der Waals surface area (Å²) < 4.78 is 0. The number of amides is 2. The number of hydrogen-bond acceptors (Lipinski definition) is 6. The first kappa shape index (κ1) is 28.2. The number of aliphatic hydroxyl groups is 2. The average Bonchev–Trinajstić information content (AvgIpc) is 2.87. The molecule has 2 aromatic carbocycles. The maximum absolute atomic E-state index is 12.7. The fourth-order valence-corrected chi connectivity index (χ4v) is 5.68. The van der Waals surface area contributed by atoms with Crippen LogP contribution >= 0.6 is 21.6 Å². The van der Waals surface area contributed by atoms with Gasteiger partial charge in [0.2, 0.25) is 0 Å². The summed E-state index contributed by atoms with van der Waals surface area (Å²) in [6.07, 6.45) is 7.27. The van der Waals surface area contributed by atoms with Crippen LogP contribution in [-0.2, 0) is 0 Å². The lowest BCUT2D eigenvalue weighted by Gasteiger charge is -2.12. The van der Waals surface area contributed by atoms with Crippen LogP contribution in [0.25, 0.3) is 0 Å². The third kappa shape index (κ3) is 10.5. The van der Waals surface area contributed by atoms with Gasteiger partial charge in [0.1, 0.15) is 0 Å². The number of unbranched alkanes of at least 4 members (excludes halogenated alkanes) is 6. The molecule has 0 aliphatic carbocycles. The van der Waals surface area contributed by atoms with Crippen molar-refractivity contribution in [1.82, 2.24) is 10.6 Å². The summed E-state index contributed by atoms with van der Waals surface area (Å²) in [4.78, 5) is 27.1. The second-order valence-corrected chi connectivity index (χ2v) is 10.2. The maximum Gasteiger partial charge on any atom is 0.252 e. The second kappa shape index (κ2) is 17.4. The molecule has 0 aliphatic heterocycles. The van der Waals surface area contributed by atoms with Crippen molar-refractivity contribution in [2.45, 2.75) is 61.2 Å². The third-order valence-electron chi connectivity index (χ3n) is 5.23. The predicted octanol–water partition coefficient (Wildman–Crippen LogP) is 5.05. The lowest BCUT2D eigenvalue weighted by atomic mass is 10.2. The van der Waals surface area contributed by atoms with E-state index in [2.05, 4.69) is 10.6 Å². The first-order valence-electron chi connectivity index (χ1n) is 12.0. The van der Waals surface area contributed by atoms with Gasteiger partial charge >= 0.3 is 0 Å². The number of hydrogen-bond donors (Lipinski definition) is 4. The highest BCUT2D eigenvalue weighted by molar-refractivity contribution is 8.76. The van der Waals surface area contributed by atoms with Crippen molar-refractivity contribution in [2.75, 3.05) is 26.3 Å². The Labute approximate surface area is 210 Å². The van der Waals surface area contributed by atoms with E-state index in [9.17, 15) is 9.59 Å². The molecule has 0 saturated heterocycles. The molecular formula is C26H36N2O4S2. The Morgan fingerprint density at radius 3 is 1.38 bits per heavy atom. The molecule has 0 fully saturated rings. The second-order valence-electron chi connectivity index (χ2n) is 7.95. The van der Waals surface area contributed by atoms with Crippen molar-refractivity contribution in [3.63, 3.8) is 0 Å². The molecule has 4 N–H and O–H groups in total. The summed E-state index contributed by atoms with van der Waals surface area (Å²) in [7, 11) is 2.94. The number of carbonyl (C=O) groups excluding carboxylic acids is 2. The van der Waals surface area contributed by atoms with Gasteiger partial charge in [-0.2, -0.15) is 0 Å². The molecule has 0 bridgehead atoms. The van der Waals surface area contributed by atoms with Crippen molar-refractivity contribution in [3.05, 3.63) is 59.7 Å². The molecule has 34 heavy (non-hydrogen) atoms. The fourth-order valence-electron chi connectivity index (χ4n) is 3.32. The standard InChI is InChI=1S/C26H36N2O4S2/c29-19-11-3-1-9-17-27-25(31)21-13-5-7-15-23(21)33-34-24-16-8-6-14-22(24)26(32)28-18-10-2-4-12-20-30/h5-8,13-16,29-30H,1-4,9-12,17-20H2,(H,27,31)(H,28,32). The van der Waals surface area contributed by atoms with Gasteiger partial charge in [0.25, 0.3) is 11.8 Å². The molecule has 0 radical (unpaired) electrons. The van der Waals surface area contributed by atoms with Crippen LogP contribution in [0.4, 0.5) is 0 Å². The molecular weight excluding hydrogens is 468 g/mol. The zero-order valence-corrected chi connectivity index (χ0v) is 21.3. The number of benzene rings is 2. The molecule has 0 aromatic heterocycles. The van der Waals surface area contributed by atoms with Crippen LogP contribution in [0.5, 0.6) is 0 Å². The van der Waals surface area contributed by atoms with E-state index in [-0.39, 0.29) is 25.0 Å². The van der Waals surface area contributed by atoms with Crippen molar-refractivity contribution < 1.29 is 19.8 Å². The monoisotopic (exact) mass is 504 g/mol. The molecule has 0 atom stereocenters. The highest BCUT2D eigenvalue weighted by Gasteiger charge is 2.15. The van der Waals surface area contributed by atoms with E-state index < -0.39 is 0 Å². The Morgan fingerprint density at radius 2 is 0.971 bits per heavy atom. The van der Waals surface area contributed by atoms with E-state index in [1.165, 1.54) is 21.6 Å². The summed E-state index contributed by atoms with van der Waals surface area (Å²) in [5.74, 6) is -0.198. The molecule has 0 heterocycles. The van der Waals surface area contributed by atoms with Gasteiger partial charge in [-0.3, -0.25) is 9.59 Å². The lowest BCUT2D eigenvalue weighted by Crippen LogP contribution is -2.25. The van der Waals surface area contributed by atoms with Gasteiger partial charge in [0.15, 0.2) is 0 Å². The Hall–Kier alpha value is -2.00. The first-order valence-corrected chi connectivity index (χ1v) is 14.1. The van der Waals surface area contributed by atoms with Gasteiger partial charge in [-0.15, -0.1) is 0 Å². The van der Waals surface area contributed by atoms with Crippen LogP contribution in [0.1, 0.15) is 72.1 Å². The zero-order valence-electron chi connectivity index (χ0n) is 19.6. The van der Waals surface area contributed by atoms with Gasteiger partial charge in [0, 0.05) is 36.1 Å². The topological polar surface area (TPSA) is 98.7 Å². The summed E-state index contributed by atoms with van der Waals surface area (Å²) in [5, 5.41) is 23.7. The highest BCUT2D eigenvalue weighted by Crippen LogP contribution is 2.40. The lowest BCUT2D eigenvalue weighted by molar-refractivity contribution is 0.0941. The molecule has 0 spiro atoms. The highest BCUT2D eigenvalue weighted by atomic mass is 33.1. The van der Waals surface area contributed by atoms with Crippen molar-refractivity contribution in [2.24, 2.45) is 0 Å². The SMILES string of the molecule is O=C(NCCCCCCO)c1ccccc1SSc1ccccc1C(=O)NCCCCCCO. The summed E-state index contributed by atoms with van der Waals surface area (Å²) in [5.41, 5.74) is 1.25. The molecule has 0 saturated carbocycles. The zero-order chi connectivity index (χ0) is 24.4. The molecule has 2 amide bonds. The van der Waals surface area contributed by atoms with Crippen LogP contribution in [0, 0.1) is 0 Å². The molecule has 186 valence electrons. The molecule has 2 rings (SSSR count). The smallest absolute Gasteiger partial charge is 0.252 e. The van der Waals surface area contributed by atoms with Crippen molar-refractivity contribution in [3.8, 4) is 0 Å². The van der Waals surface area contributed by atoms with Crippen molar-refractivity contribution >= 4 is 33.4 Å². The minimum Gasteiger partial charge on any atom is -0.396 e. The number of rotatable bonds is 17. The Balaban J connectivity index is 1.90. The number of aliphatic hydroxyl groups excluding tert-OH is 2. The van der Waals surface area contributed by atoms with Gasteiger partial charge in [0.05, 0.1) is 11.1 Å².